The van der Waals surface area contributed by atoms with Crippen LogP contribution in [0.1, 0.15) is 75.5 Å². The Kier molecular flexibility index (Phi) is 6.84. The zero-order valence-corrected chi connectivity index (χ0v) is 20.9. The first-order valence-electron chi connectivity index (χ1n) is 13.5. The molecule has 34 heavy (non-hydrogen) atoms. The van der Waals surface area contributed by atoms with E-state index >= 15 is 0 Å². The van der Waals surface area contributed by atoms with Crippen LogP contribution in [0.3, 0.4) is 0 Å². The number of hydrogen-bond donors (Lipinski definition) is 1. The van der Waals surface area contributed by atoms with Crippen molar-refractivity contribution in [2.45, 2.75) is 76.9 Å². The van der Waals surface area contributed by atoms with Gasteiger partial charge in [0.05, 0.1) is 12.1 Å². The van der Waals surface area contributed by atoms with Gasteiger partial charge in [-0.05, 0) is 99.0 Å². The van der Waals surface area contributed by atoms with Gasteiger partial charge in [0.15, 0.2) is 0 Å². The molecule has 3 nitrogen and oxygen atoms in total. The molecule has 6 rings (SSSR count). The third-order valence-electron chi connectivity index (χ3n) is 9.42. The van der Waals surface area contributed by atoms with Crippen LogP contribution in [0.2, 0.25) is 0 Å². The summed E-state index contributed by atoms with van der Waals surface area (Å²) in [5.41, 5.74) is 2.58. The van der Waals surface area contributed by atoms with Crippen molar-refractivity contribution >= 4 is 5.91 Å². The molecule has 0 heterocycles. The van der Waals surface area contributed by atoms with Gasteiger partial charge in [0.25, 0.3) is 0 Å². The van der Waals surface area contributed by atoms with Gasteiger partial charge >= 0.3 is 0 Å². The largest absolute Gasteiger partial charge is 0.386 e. The molecule has 3 atom stereocenters. The number of benzene rings is 2. The molecule has 0 spiro atoms. The van der Waals surface area contributed by atoms with Crippen molar-refractivity contribution in [1.29, 1.82) is 0 Å². The second-order valence-corrected chi connectivity index (χ2v) is 11.9. The molecular formula is C31H41NO2. The average molecular weight is 460 g/mol. The molecule has 0 aliphatic heterocycles. The number of carbonyl (C=O) groups is 1. The molecule has 4 fully saturated rings. The lowest BCUT2D eigenvalue weighted by Crippen LogP contribution is -2.47. The molecule has 4 bridgehead atoms. The van der Waals surface area contributed by atoms with Crippen molar-refractivity contribution in [2.24, 2.45) is 29.1 Å². The van der Waals surface area contributed by atoms with Crippen LogP contribution < -0.4 is 0 Å². The molecule has 3 heteroatoms. The Morgan fingerprint density at radius 1 is 0.941 bits per heavy atom. The van der Waals surface area contributed by atoms with Gasteiger partial charge in [-0.25, -0.2) is 0 Å². The van der Waals surface area contributed by atoms with Crippen molar-refractivity contribution in [1.82, 2.24) is 4.90 Å². The van der Waals surface area contributed by atoms with Gasteiger partial charge in [0.2, 0.25) is 5.91 Å². The number of hydrogen-bond acceptors (Lipinski definition) is 2. The normalized spacial score (nSPS) is 30.0. The average Bonchev–Trinajstić information content (AvgIpc) is 2.85. The molecule has 1 N–H and O–H groups in total. The zero-order chi connectivity index (χ0) is 23.7. The van der Waals surface area contributed by atoms with Crippen molar-refractivity contribution in [3.63, 3.8) is 0 Å². The standard InChI is InChI=1S/C31H41NO2/c1-22(29(33)27-11-7-4-8-12-27)32(2)30(34)28(18-23-9-5-3-6-10-23)13-14-31-19-24-15-25(20-31)17-26(16-24)21-31/h3-12,22,24-26,28-29,33H,13-21H2,1-2H3/t22-,24?,25?,26?,28?,29+,31?/m0/s1. The Hall–Kier alpha value is -2.13. The van der Waals surface area contributed by atoms with E-state index in [4.69, 9.17) is 0 Å². The van der Waals surface area contributed by atoms with E-state index in [0.29, 0.717) is 5.41 Å². The highest BCUT2D eigenvalue weighted by Gasteiger charge is 2.50. The Labute approximate surface area is 205 Å². The SMILES string of the molecule is C[C@@H]([C@@H](O)c1ccccc1)N(C)C(=O)C(CCC12CC3CC(CC(C3)C1)C2)Cc1ccccc1. The van der Waals surface area contributed by atoms with E-state index < -0.39 is 6.10 Å². The van der Waals surface area contributed by atoms with Crippen molar-refractivity contribution < 1.29 is 9.90 Å². The minimum Gasteiger partial charge on any atom is -0.386 e. The molecule has 4 saturated carbocycles. The summed E-state index contributed by atoms with van der Waals surface area (Å²) in [6.45, 7) is 1.97. The van der Waals surface area contributed by atoms with Gasteiger partial charge in [-0.15, -0.1) is 0 Å². The predicted octanol–water partition coefficient (Wildman–Crippen LogP) is 6.42. The fourth-order valence-corrected chi connectivity index (χ4v) is 7.92. The number of amides is 1. The highest BCUT2D eigenvalue weighted by atomic mass is 16.3. The van der Waals surface area contributed by atoms with Crippen LogP contribution in [0.4, 0.5) is 0 Å². The summed E-state index contributed by atoms with van der Waals surface area (Å²) >= 11 is 0. The summed E-state index contributed by atoms with van der Waals surface area (Å²) in [7, 11) is 1.88. The maximum atomic E-state index is 13.9. The van der Waals surface area contributed by atoms with E-state index in [2.05, 4.69) is 24.3 Å². The smallest absolute Gasteiger partial charge is 0.226 e. The Morgan fingerprint density at radius 2 is 1.47 bits per heavy atom. The van der Waals surface area contributed by atoms with Crippen LogP contribution in [0, 0.1) is 29.1 Å². The van der Waals surface area contributed by atoms with Crippen LogP contribution >= 0.6 is 0 Å². The Balaban J connectivity index is 1.30. The van der Waals surface area contributed by atoms with Gasteiger partial charge < -0.3 is 10.0 Å². The second kappa shape index (κ2) is 9.85. The second-order valence-electron chi connectivity index (χ2n) is 11.9. The maximum absolute atomic E-state index is 13.9. The first kappa shape index (κ1) is 23.6. The summed E-state index contributed by atoms with van der Waals surface area (Å²) in [4.78, 5) is 15.7. The lowest BCUT2D eigenvalue weighted by molar-refractivity contribution is -0.139. The van der Waals surface area contributed by atoms with Crippen LogP contribution in [0.5, 0.6) is 0 Å². The molecular weight excluding hydrogens is 418 g/mol. The quantitative estimate of drug-likeness (QED) is 0.470. The molecule has 4 aliphatic carbocycles. The fraction of sp³-hybridized carbons (Fsp3) is 0.581. The number of aliphatic hydroxyl groups excluding tert-OH is 1. The van der Waals surface area contributed by atoms with Gasteiger partial charge in [-0.3, -0.25) is 4.79 Å². The Morgan fingerprint density at radius 3 is 2.03 bits per heavy atom. The summed E-state index contributed by atoms with van der Waals surface area (Å²) < 4.78 is 0. The molecule has 4 aliphatic rings. The number of rotatable bonds is 9. The van der Waals surface area contributed by atoms with E-state index in [1.54, 1.807) is 0 Å². The molecule has 2 aromatic rings. The summed E-state index contributed by atoms with van der Waals surface area (Å²) in [6, 6.07) is 19.9. The molecule has 0 saturated heterocycles. The van der Waals surface area contributed by atoms with E-state index in [1.165, 1.54) is 50.5 Å². The number of likely N-dealkylation sites (N-methyl/N-ethyl adjacent to an activating group) is 1. The van der Waals surface area contributed by atoms with Gasteiger partial charge in [0.1, 0.15) is 0 Å². The molecule has 1 amide bonds. The maximum Gasteiger partial charge on any atom is 0.226 e. The van der Waals surface area contributed by atoms with E-state index in [0.717, 1.165) is 36.2 Å². The fourth-order valence-electron chi connectivity index (χ4n) is 7.92. The third kappa shape index (κ3) is 4.96. The van der Waals surface area contributed by atoms with Gasteiger partial charge in [-0.1, -0.05) is 60.7 Å². The predicted molar refractivity (Wildman–Crippen MR) is 137 cm³/mol. The van der Waals surface area contributed by atoms with Crippen molar-refractivity contribution in [2.75, 3.05) is 7.05 Å². The van der Waals surface area contributed by atoms with E-state index in [9.17, 15) is 9.90 Å². The van der Waals surface area contributed by atoms with Gasteiger partial charge in [0, 0.05) is 13.0 Å². The zero-order valence-electron chi connectivity index (χ0n) is 20.9. The molecule has 0 radical (unpaired) electrons. The summed E-state index contributed by atoms with van der Waals surface area (Å²) in [5, 5.41) is 11.0. The topological polar surface area (TPSA) is 40.5 Å². The highest BCUT2D eigenvalue weighted by Crippen LogP contribution is 2.61. The van der Waals surface area contributed by atoms with Crippen molar-refractivity contribution in [3.8, 4) is 0 Å². The molecule has 182 valence electrons. The van der Waals surface area contributed by atoms with Crippen LogP contribution in [-0.2, 0) is 11.2 Å². The van der Waals surface area contributed by atoms with Crippen LogP contribution in [-0.4, -0.2) is 29.0 Å². The van der Waals surface area contributed by atoms with Gasteiger partial charge in [-0.2, -0.15) is 0 Å². The number of nitrogens with zero attached hydrogens (tertiary/aromatic N) is 1. The summed E-state index contributed by atoms with van der Waals surface area (Å²) in [5.74, 6) is 2.97. The molecule has 2 aromatic carbocycles. The lowest BCUT2D eigenvalue weighted by atomic mass is 9.48. The lowest BCUT2D eigenvalue weighted by Gasteiger charge is -2.57. The third-order valence-corrected chi connectivity index (χ3v) is 9.42. The van der Waals surface area contributed by atoms with E-state index in [1.807, 2.05) is 55.3 Å². The number of carbonyl (C=O) groups excluding carboxylic acids is 1. The van der Waals surface area contributed by atoms with Crippen LogP contribution in [0.15, 0.2) is 60.7 Å². The summed E-state index contributed by atoms with van der Waals surface area (Å²) in [6.07, 6.45) is 10.8. The first-order valence-corrected chi connectivity index (χ1v) is 13.5. The molecule has 1 unspecified atom stereocenters. The van der Waals surface area contributed by atoms with E-state index in [-0.39, 0.29) is 17.9 Å². The highest BCUT2D eigenvalue weighted by molar-refractivity contribution is 5.79. The Bertz CT molecular complexity index is 921. The molecule has 0 aromatic heterocycles. The number of aliphatic hydroxyl groups is 1. The van der Waals surface area contributed by atoms with Crippen LogP contribution in [0.25, 0.3) is 0 Å². The first-order chi connectivity index (χ1) is 16.4. The van der Waals surface area contributed by atoms with Crippen molar-refractivity contribution in [3.05, 3.63) is 71.8 Å². The monoisotopic (exact) mass is 459 g/mol. The minimum atomic E-state index is -0.685. The minimum absolute atomic E-state index is 0.0363.